The molecule has 0 spiro atoms. The average Bonchev–Trinajstić information content (AvgIpc) is 2.36. The molecule has 1 nitrogen and oxygen atoms in total. The van der Waals surface area contributed by atoms with E-state index in [1.165, 1.54) is 0 Å². The highest BCUT2D eigenvalue weighted by Gasteiger charge is 2.10. The zero-order valence-corrected chi connectivity index (χ0v) is 5.85. The van der Waals surface area contributed by atoms with Gasteiger partial charge in [0.05, 0.1) is 6.07 Å². The van der Waals surface area contributed by atoms with Gasteiger partial charge in [-0.25, -0.2) is 0 Å². The van der Waals surface area contributed by atoms with Crippen LogP contribution < -0.4 is 0 Å². The maximum absolute atomic E-state index is 8.59. The smallest absolute Gasteiger partial charge is 0.0950 e. The van der Waals surface area contributed by atoms with E-state index in [1.807, 2.05) is 6.08 Å². The number of hydrogen-bond donors (Lipinski definition) is 0. The fourth-order valence-corrected chi connectivity index (χ4v) is 1.18. The highest BCUT2D eigenvalue weighted by Crippen LogP contribution is 2.25. The molecule has 0 saturated heterocycles. The molecule has 0 bridgehead atoms. The highest BCUT2D eigenvalue weighted by atomic mass is 14.3. The Balaban J connectivity index is 2.91. The predicted molar refractivity (Wildman–Crippen MR) is 40.2 cm³/mol. The Bertz CT molecular complexity index is 246. The Morgan fingerprint density at radius 2 is 2.30 bits per heavy atom. The number of nitrogens with zero attached hydrogens (tertiary/aromatic N) is 1. The van der Waals surface area contributed by atoms with Crippen molar-refractivity contribution in [1.82, 2.24) is 0 Å². The summed E-state index contributed by atoms with van der Waals surface area (Å²) in [5, 5.41) is 8.59. The van der Waals surface area contributed by atoms with Crippen LogP contribution in [0.5, 0.6) is 0 Å². The van der Waals surface area contributed by atoms with Crippen LogP contribution in [0.3, 0.4) is 0 Å². The fourth-order valence-electron chi connectivity index (χ4n) is 1.18. The van der Waals surface area contributed by atoms with Gasteiger partial charge in [-0.1, -0.05) is 6.58 Å². The summed E-state index contributed by atoms with van der Waals surface area (Å²) in [6.07, 6.45) is 4.87. The Morgan fingerprint density at radius 1 is 1.50 bits per heavy atom. The first-order valence-corrected chi connectivity index (χ1v) is 3.36. The van der Waals surface area contributed by atoms with E-state index in [-0.39, 0.29) is 0 Å². The standard InChI is InChI=1S/C9H9N/c1-2-4-8-5-3-6-9(8)7-10/h4H,1,3,5-6H2. The van der Waals surface area contributed by atoms with E-state index in [9.17, 15) is 0 Å². The second-order valence-electron chi connectivity index (χ2n) is 2.32. The summed E-state index contributed by atoms with van der Waals surface area (Å²) in [6, 6.07) is 2.18. The van der Waals surface area contributed by atoms with E-state index in [0.717, 1.165) is 30.4 Å². The minimum atomic E-state index is 0.913. The van der Waals surface area contributed by atoms with Gasteiger partial charge < -0.3 is 0 Å². The lowest BCUT2D eigenvalue weighted by molar-refractivity contribution is 0.907. The van der Waals surface area contributed by atoms with Crippen LogP contribution in [-0.4, -0.2) is 0 Å². The van der Waals surface area contributed by atoms with Crippen molar-refractivity contribution in [2.24, 2.45) is 0 Å². The molecule has 0 aliphatic heterocycles. The van der Waals surface area contributed by atoms with E-state index in [2.05, 4.69) is 18.4 Å². The molecule has 0 atom stereocenters. The molecule has 1 aliphatic rings. The lowest BCUT2D eigenvalue weighted by atomic mass is 10.2. The van der Waals surface area contributed by atoms with Crippen LogP contribution in [-0.2, 0) is 0 Å². The third-order valence-corrected chi connectivity index (χ3v) is 1.67. The van der Waals surface area contributed by atoms with Gasteiger partial charge in [0.25, 0.3) is 0 Å². The zero-order chi connectivity index (χ0) is 7.40. The van der Waals surface area contributed by atoms with Gasteiger partial charge in [0.15, 0.2) is 0 Å². The molecule has 0 aromatic rings. The first kappa shape index (κ1) is 6.86. The Morgan fingerprint density at radius 3 is 2.90 bits per heavy atom. The van der Waals surface area contributed by atoms with E-state index in [4.69, 9.17) is 5.26 Å². The number of hydrogen-bond acceptors (Lipinski definition) is 1. The van der Waals surface area contributed by atoms with Crippen molar-refractivity contribution in [1.29, 1.82) is 5.26 Å². The summed E-state index contributed by atoms with van der Waals surface area (Å²) in [5.41, 5.74) is 4.73. The molecular formula is C9H9N. The lowest BCUT2D eigenvalue weighted by Gasteiger charge is -1.87. The second-order valence-corrected chi connectivity index (χ2v) is 2.32. The van der Waals surface area contributed by atoms with Crippen molar-refractivity contribution in [3.8, 4) is 6.07 Å². The molecule has 1 rings (SSSR count). The summed E-state index contributed by atoms with van der Waals surface area (Å²) >= 11 is 0. The lowest BCUT2D eigenvalue weighted by Crippen LogP contribution is -1.73. The molecule has 1 heteroatoms. The van der Waals surface area contributed by atoms with Gasteiger partial charge in [-0.15, -0.1) is 5.73 Å². The molecule has 0 unspecified atom stereocenters. The van der Waals surface area contributed by atoms with Crippen LogP contribution in [0.1, 0.15) is 19.3 Å². The molecule has 0 N–H and O–H groups in total. The van der Waals surface area contributed by atoms with Gasteiger partial charge >= 0.3 is 0 Å². The third-order valence-electron chi connectivity index (χ3n) is 1.67. The topological polar surface area (TPSA) is 23.8 Å². The van der Waals surface area contributed by atoms with Crippen molar-refractivity contribution in [3.63, 3.8) is 0 Å². The first-order valence-electron chi connectivity index (χ1n) is 3.36. The fraction of sp³-hybridized carbons (Fsp3) is 0.333. The van der Waals surface area contributed by atoms with Crippen molar-refractivity contribution < 1.29 is 0 Å². The van der Waals surface area contributed by atoms with E-state index < -0.39 is 0 Å². The van der Waals surface area contributed by atoms with E-state index >= 15 is 0 Å². The number of nitriles is 1. The van der Waals surface area contributed by atoms with Crippen LogP contribution in [0.15, 0.2) is 29.5 Å². The Hall–Kier alpha value is -1.25. The molecule has 0 heterocycles. The number of allylic oxidation sites excluding steroid dienone is 3. The number of rotatable bonds is 1. The summed E-state index contributed by atoms with van der Waals surface area (Å²) in [7, 11) is 0. The summed E-state index contributed by atoms with van der Waals surface area (Å²) < 4.78 is 0. The van der Waals surface area contributed by atoms with Crippen LogP contribution in [0, 0.1) is 11.3 Å². The molecule has 0 aromatic carbocycles. The minimum absolute atomic E-state index is 0.913. The van der Waals surface area contributed by atoms with Crippen LogP contribution in [0.2, 0.25) is 0 Å². The molecule has 1 aliphatic carbocycles. The molecular weight excluding hydrogens is 122 g/mol. The normalized spacial score (nSPS) is 16.3. The Labute approximate surface area is 61.0 Å². The van der Waals surface area contributed by atoms with Gasteiger partial charge in [-0.2, -0.15) is 5.26 Å². The monoisotopic (exact) mass is 131 g/mol. The maximum atomic E-state index is 8.59. The SMILES string of the molecule is C=C=CC1=C(C#N)CCC1. The molecule has 0 aromatic heterocycles. The van der Waals surface area contributed by atoms with Crippen LogP contribution in [0.4, 0.5) is 0 Å². The largest absolute Gasteiger partial charge is 0.193 e. The maximum Gasteiger partial charge on any atom is 0.0950 e. The van der Waals surface area contributed by atoms with Gasteiger partial charge in [-0.3, -0.25) is 0 Å². The third kappa shape index (κ3) is 1.18. The van der Waals surface area contributed by atoms with E-state index in [1.54, 1.807) is 0 Å². The summed E-state index contributed by atoms with van der Waals surface area (Å²) in [6.45, 7) is 3.47. The molecule has 0 amide bonds. The summed E-state index contributed by atoms with van der Waals surface area (Å²) in [4.78, 5) is 0. The molecule has 0 fully saturated rings. The van der Waals surface area contributed by atoms with Crippen molar-refractivity contribution >= 4 is 0 Å². The van der Waals surface area contributed by atoms with Crippen LogP contribution in [0.25, 0.3) is 0 Å². The molecule has 0 radical (unpaired) electrons. The van der Waals surface area contributed by atoms with Gasteiger partial charge in [0.1, 0.15) is 0 Å². The predicted octanol–water partition coefficient (Wildman–Crippen LogP) is 2.33. The van der Waals surface area contributed by atoms with Crippen molar-refractivity contribution in [2.45, 2.75) is 19.3 Å². The Kier molecular flexibility index (Phi) is 2.10. The van der Waals surface area contributed by atoms with Crippen LogP contribution >= 0.6 is 0 Å². The minimum Gasteiger partial charge on any atom is -0.193 e. The van der Waals surface area contributed by atoms with Gasteiger partial charge in [0, 0.05) is 5.57 Å². The van der Waals surface area contributed by atoms with Gasteiger partial charge in [-0.05, 0) is 30.9 Å². The van der Waals surface area contributed by atoms with Crippen molar-refractivity contribution in [2.75, 3.05) is 0 Å². The van der Waals surface area contributed by atoms with Gasteiger partial charge in [0.2, 0.25) is 0 Å². The van der Waals surface area contributed by atoms with Crippen molar-refractivity contribution in [3.05, 3.63) is 29.5 Å². The second kappa shape index (κ2) is 3.06. The zero-order valence-electron chi connectivity index (χ0n) is 5.85. The summed E-state index contributed by atoms with van der Waals surface area (Å²) in [5.74, 6) is 0. The van der Waals surface area contributed by atoms with E-state index in [0.29, 0.717) is 0 Å². The molecule has 50 valence electrons. The average molecular weight is 131 g/mol. The highest BCUT2D eigenvalue weighted by molar-refractivity contribution is 5.37. The molecule has 0 saturated carbocycles. The first-order chi connectivity index (χ1) is 4.88. The quantitative estimate of drug-likeness (QED) is 0.501. The molecule has 10 heavy (non-hydrogen) atoms.